The summed E-state index contributed by atoms with van der Waals surface area (Å²) >= 11 is 0. The van der Waals surface area contributed by atoms with Gasteiger partial charge in [0.15, 0.2) is 5.65 Å². The molecule has 4 aromatic rings. The molecule has 1 aliphatic heterocycles. The van der Waals surface area contributed by atoms with E-state index in [4.69, 9.17) is 4.74 Å². The second-order valence-electron chi connectivity index (χ2n) is 8.00. The maximum atomic E-state index is 14.9. The molecule has 2 unspecified atom stereocenters. The molecule has 2 aromatic carbocycles. The summed E-state index contributed by atoms with van der Waals surface area (Å²) in [5, 5.41) is 7.67. The molecule has 1 fully saturated rings. The topological polar surface area (TPSA) is 88.1 Å². The van der Waals surface area contributed by atoms with Crippen molar-refractivity contribution in [1.82, 2.24) is 19.7 Å². The van der Waals surface area contributed by atoms with E-state index in [9.17, 15) is 9.18 Å². The number of fused-ring (bicyclic) bond motifs is 1. The molecule has 1 saturated heterocycles. The number of H-pyrrole nitrogens is 1. The normalized spacial score (nSPS) is 18.8. The number of aromatic nitrogens is 4. The quantitative estimate of drug-likeness (QED) is 0.510. The van der Waals surface area contributed by atoms with Gasteiger partial charge in [-0.25, -0.2) is 9.07 Å². The van der Waals surface area contributed by atoms with Crippen LogP contribution in [0.15, 0.2) is 59.5 Å². The van der Waals surface area contributed by atoms with E-state index in [1.165, 1.54) is 12.3 Å². The molecule has 32 heavy (non-hydrogen) atoms. The highest BCUT2D eigenvalue weighted by Crippen LogP contribution is 2.27. The summed E-state index contributed by atoms with van der Waals surface area (Å²) in [5.74, 6) is -0.144. The van der Waals surface area contributed by atoms with Gasteiger partial charge in [-0.15, -0.1) is 0 Å². The molecule has 3 heterocycles. The van der Waals surface area contributed by atoms with Crippen molar-refractivity contribution in [3.05, 3.63) is 70.9 Å². The third-order valence-electron chi connectivity index (χ3n) is 5.41. The van der Waals surface area contributed by atoms with Crippen molar-refractivity contribution in [2.75, 3.05) is 23.3 Å². The molecule has 0 spiro atoms. The molecule has 8 nitrogen and oxygen atoms in total. The summed E-state index contributed by atoms with van der Waals surface area (Å²) in [6.07, 6.45) is 1.55. The third-order valence-corrected chi connectivity index (χ3v) is 5.41. The number of para-hydroxylation sites is 1. The van der Waals surface area contributed by atoms with Crippen molar-refractivity contribution in [3.8, 4) is 5.69 Å². The fourth-order valence-corrected chi connectivity index (χ4v) is 4.09. The lowest BCUT2D eigenvalue weighted by Gasteiger charge is -2.37. The van der Waals surface area contributed by atoms with Crippen LogP contribution in [0.4, 0.5) is 21.7 Å². The van der Waals surface area contributed by atoms with E-state index < -0.39 is 0 Å². The van der Waals surface area contributed by atoms with Crippen molar-refractivity contribution in [2.45, 2.75) is 26.1 Å². The first kappa shape index (κ1) is 20.2. The van der Waals surface area contributed by atoms with Gasteiger partial charge in [-0.2, -0.15) is 10.1 Å². The Morgan fingerprint density at radius 2 is 1.88 bits per heavy atom. The van der Waals surface area contributed by atoms with Crippen LogP contribution in [0.5, 0.6) is 0 Å². The average Bonchev–Trinajstić information content (AvgIpc) is 3.18. The summed E-state index contributed by atoms with van der Waals surface area (Å²) in [6.45, 7) is 5.22. The van der Waals surface area contributed by atoms with Gasteiger partial charge in [-0.1, -0.05) is 18.2 Å². The van der Waals surface area contributed by atoms with Crippen molar-refractivity contribution >= 4 is 28.4 Å². The highest BCUT2D eigenvalue weighted by molar-refractivity contribution is 5.77. The minimum absolute atomic E-state index is 0.0337. The minimum atomic E-state index is -0.353. The number of nitrogens with zero attached hydrogens (tertiary/aromatic N) is 4. The van der Waals surface area contributed by atoms with Crippen LogP contribution in [-0.2, 0) is 4.74 Å². The van der Waals surface area contributed by atoms with Crippen LogP contribution in [0.1, 0.15) is 13.8 Å². The minimum Gasteiger partial charge on any atom is -0.372 e. The van der Waals surface area contributed by atoms with Gasteiger partial charge in [-0.05, 0) is 44.2 Å². The molecule has 2 aromatic heterocycles. The van der Waals surface area contributed by atoms with E-state index in [1.807, 2.05) is 49.1 Å². The first-order valence-electron chi connectivity index (χ1n) is 10.5. The zero-order valence-corrected chi connectivity index (χ0v) is 17.7. The van der Waals surface area contributed by atoms with Gasteiger partial charge < -0.3 is 15.0 Å². The predicted octanol–water partition coefficient (Wildman–Crippen LogP) is 3.61. The van der Waals surface area contributed by atoms with Gasteiger partial charge in [0.2, 0.25) is 5.95 Å². The lowest BCUT2D eigenvalue weighted by atomic mass is 10.2. The molecule has 1 aliphatic rings. The second kappa shape index (κ2) is 8.08. The number of aromatic amines is 1. The Balaban J connectivity index is 1.44. The number of benzene rings is 2. The van der Waals surface area contributed by atoms with E-state index in [2.05, 4.69) is 20.4 Å². The maximum absolute atomic E-state index is 14.9. The van der Waals surface area contributed by atoms with Crippen LogP contribution in [0.25, 0.3) is 16.7 Å². The Bertz CT molecular complexity index is 1310. The SMILES string of the molecule is CC1CN(c2ccc(Nc3nc4c(cnn4-c4ccccc4)c(=O)[nH]3)cc2F)CC(C)O1. The van der Waals surface area contributed by atoms with Gasteiger partial charge >= 0.3 is 0 Å². The number of rotatable bonds is 4. The third kappa shape index (κ3) is 3.82. The Hall–Kier alpha value is -3.72. The summed E-state index contributed by atoms with van der Waals surface area (Å²) in [4.78, 5) is 21.7. The van der Waals surface area contributed by atoms with Gasteiger partial charge in [0.05, 0.1) is 29.8 Å². The zero-order chi connectivity index (χ0) is 22.2. The van der Waals surface area contributed by atoms with E-state index in [0.29, 0.717) is 35.5 Å². The number of ether oxygens (including phenoxy) is 1. The fraction of sp³-hybridized carbons (Fsp3) is 0.261. The molecule has 0 aliphatic carbocycles. The zero-order valence-electron chi connectivity index (χ0n) is 17.7. The highest BCUT2D eigenvalue weighted by Gasteiger charge is 2.24. The Morgan fingerprint density at radius 3 is 2.59 bits per heavy atom. The molecular weight excluding hydrogens is 411 g/mol. The van der Waals surface area contributed by atoms with Crippen molar-refractivity contribution in [2.24, 2.45) is 0 Å². The Labute approximate surface area is 183 Å². The van der Waals surface area contributed by atoms with Gasteiger partial charge in [0.1, 0.15) is 11.2 Å². The number of halogens is 1. The van der Waals surface area contributed by atoms with Crippen molar-refractivity contribution in [1.29, 1.82) is 0 Å². The van der Waals surface area contributed by atoms with Gasteiger partial charge in [0, 0.05) is 18.8 Å². The number of morpholine rings is 1. The van der Waals surface area contributed by atoms with E-state index >= 15 is 0 Å². The summed E-state index contributed by atoms with van der Waals surface area (Å²) in [6, 6.07) is 14.3. The predicted molar refractivity (Wildman–Crippen MR) is 121 cm³/mol. The monoisotopic (exact) mass is 434 g/mol. The number of anilines is 3. The lowest BCUT2D eigenvalue weighted by Crippen LogP contribution is -2.45. The smallest absolute Gasteiger partial charge is 0.263 e. The van der Waals surface area contributed by atoms with Crippen LogP contribution in [0, 0.1) is 5.82 Å². The first-order valence-corrected chi connectivity index (χ1v) is 10.5. The molecule has 5 rings (SSSR count). The van der Waals surface area contributed by atoms with Crippen LogP contribution in [-0.4, -0.2) is 45.0 Å². The second-order valence-corrected chi connectivity index (χ2v) is 8.00. The molecule has 2 N–H and O–H groups in total. The molecule has 0 saturated carbocycles. The Kier molecular flexibility index (Phi) is 5.10. The molecular formula is C23H23FN6O2. The molecule has 0 bridgehead atoms. The largest absolute Gasteiger partial charge is 0.372 e. The lowest BCUT2D eigenvalue weighted by molar-refractivity contribution is -0.00539. The fourth-order valence-electron chi connectivity index (χ4n) is 4.09. The van der Waals surface area contributed by atoms with E-state index in [-0.39, 0.29) is 29.5 Å². The van der Waals surface area contributed by atoms with Crippen molar-refractivity contribution in [3.63, 3.8) is 0 Å². The standard InChI is InChI=1S/C23H23FN6O2/c1-14-12-29(13-15(2)32-14)20-9-8-16(10-19(20)24)26-23-27-21-18(22(31)28-23)11-25-30(21)17-6-4-3-5-7-17/h3-11,14-15H,12-13H2,1-2H3,(H2,26,27,28,31). The van der Waals surface area contributed by atoms with Crippen LogP contribution in [0.3, 0.4) is 0 Å². The van der Waals surface area contributed by atoms with Gasteiger partial charge in [0.25, 0.3) is 5.56 Å². The molecule has 9 heteroatoms. The maximum Gasteiger partial charge on any atom is 0.263 e. The summed E-state index contributed by atoms with van der Waals surface area (Å²) in [5.41, 5.74) is 1.88. The average molecular weight is 434 g/mol. The van der Waals surface area contributed by atoms with Crippen LogP contribution < -0.4 is 15.8 Å². The molecule has 0 amide bonds. The molecule has 164 valence electrons. The number of hydrogen-bond acceptors (Lipinski definition) is 6. The first-order chi connectivity index (χ1) is 15.5. The van der Waals surface area contributed by atoms with Crippen LogP contribution in [0.2, 0.25) is 0 Å². The van der Waals surface area contributed by atoms with Crippen LogP contribution >= 0.6 is 0 Å². The molecule has 0 radical (unpaired) electrons. The van der Waals surface area contributed by atoms with E-state index in [1.54, 1.807) is 16.8 Å². The number of nitrogens with one attached hydrogen (secondary N) is 2. The van der Waals surface area contributed by atoms with Gasteiger partial charge in [-0.3, -0.25) is 9.78 Å². The summed E-state index contributed by atoms with van der Waals surface area (Å²) < 4.78 is 22.3. The Morgan fingerprint density at radius 1 is 1.12 bits per heavy atom. The van der Waals surface area contributed by atoms with Crippen molar-refractivity contribution < 1.29 is 9.13 Å². The number of hydrogen-bond donors (Lipinski definition) is 2. The summed E-state index contributed by atoms with van der Waals surface area (Å²) in [7, 11) is 0. The molecule has 2 atom stereocenters. The highest BCUT2D eigenvalue weighted by atomic mass is 19.1. The van der Waals surface area contributed by atoms with E-state index in [0.717, 1.165) is 5.69 Å².